The van der Waals surface area contributed by atoms with Crippen molar-refractivity contribution in [2.75, 3.05) is 6.61 Å². The van der Waals surface area contributed by atoms with Crippen molar-refractivity contribution in [3.05, 3.63) is 36.5 Å². The maximum atomic E-state index is 6.06. The molecule has 0 aromatic heterocycles. The highest BCUT2D eigenvalue weighted by Crippen LogP contribution is 2.36. The fraction of sp³-hybridized carbons (Fsp3) is 0.500. The van der Waals surface area contributed by atoms with E-state index < -0.39 is 8.32 Å². The lowest BCUT2D eigenvalue weighted by Crippen LogP contribution is -2.40. The van der Waals surface area contributed by atoms with E-state index in [1.807, 2.05) is 24.3 Å². The Morgan fingerprint density at radius 1 is 1.11 bits per heavy atom. The van der Waals surface area contributed by atoms with Crippen molar-refractivity contribution in [1.29, 1.82) is 0 Å². The van der Waals surface area contributed by atoms with Gasteiger partial charge in [0.1, 0.15) is 0 Å². The highest BCUT2D eigenvalue weighted by molar-refractivity contribution is 6.74. The first-order valence-corrected chi connectivity index (χ1v) is 9.30. The predicted octanol–water partition coefficient (Wildman–Crippen LogP) is 4.70. The topological polar surface area (TPSA) is 9.23 Å². The Bertz CT molecular complexity index is 348. The average molecular weight is 262 g/mol. The third-order valence-electron chi connectivity index (χ3n) is 3.22. The summed E-state index contributed by atoms with van der Waals surface area (Å²) in [6.07, 6.45) is 17.6. The van der Waals surface area contributed by atoms with Crippen LogP contribution in [-0.2, 0) is 4.43 Å². The van der Waals surface area contributed by atoms with Gasteiger partial charge in [-0.15, -0.1) is 6.42 Å². The fourth-order valence-electron chi connectivity index (χ4n) is 1.01. The summed E-state index contributed by atoms with van der Waals surface area (Å²) in [5.74, 6) is 2.44. The summed E-state index contributed by atoms with van der Waals surface area (Å²) in [6.45, 7) is 12.1. The van der Waals surface area contributed by atoms with Crippen LogP contribution in [0.3, 0.4) is 0 Å². The van der Waals surface area contributed by atoms with E-state index >= 15 is 0 Å². The van der Waals surface area contributed by atoms with E-state index in [0.717, 1.165) is 13.0 Å². The van der Waals surface area contributed by atoms with Crippen LogP contribution in [0.1, 0.15) is 27.2 Å². The third-order valence-corrected chi connectivity index (χ3v) is 7.75. The molecule has 0 bridgehead atoms. The average Bonchev–Trinajstić information content (AvgIpc) is 2.25. The molecule has 0 aliphatic rings. The van der Waals surface area contributed by atoms with E-state index in [9.17, 15) is 0 Å². The van der Waals surface area contributed by atoms with Gasteiger partial charge in [-0.1, -0.05) is 57.1 Å². The molecule has 0 spiro atoms. The van der Waals surface area contributed by atoms with Gasteiger partial charge in [-0.05, 0) is 30.6 Å². The van der Waals surface area contributed by atoms with Crippen molar-refractivity contribution in [2.24, 2.45) is 0 Å². The normalized spacial score (nSPS) is 13.8. The van der Waals surface area contributed by atoms with Crippen molar-refractivity contribution in [3.8, 4) is 12.3 Å². The Kier molecular flexibility index (Phi) is 7.66. The Morgan fingerprint density at radius 3 is 2.28 bits per heavy atom. The minimum absolute atomic E-state index is 0.288. The molecular formula is C16H26OSi. The quantitative estimate of drug-likeness (QED) is 0.292. The number of rotatable bonds is 6. The van der Waals surface area contributed by atoms with Gasteiger partial charge < -0.3 is 4.43 Å². The lowest BCUT2D eigenvalue weighted by atomic mass is 10.2. The van der Waals surface area contributed by atoms with E-state index in [-0.39, 0.29) is 5.04 Å². The van der Waals surface area contributed by atoms with Crippen molar-refractivity contribution in [1.82, 2.24) is 0 Å². The molecule has 0 heterocycles. The van der Waals surface area contributed by atoms with Gasteiger partial charge in [-0.25, -0.2) is 0 Å². The second-order valence-corrected chi connectivity index (χ2v) is 10.5. The monoisotopic (exact) mass is 262 g/mol. The van der Waals surface area contributed by atoms with Gasteiger partial charge in [0.05, 0.1) is 0 Å². The molecule has 0 saturated heterocycles. The van der Waals surface area contributed by atoms with Gasteiger partial charge in [0.2, 0.25) is 0 Å². The molecule has 0 N–H and O–H groups in total. The van der Waals surface area contributed by atoms with Gasteiger partial charge in [-0.2, -0.15) is 0 Å². The van der Waals surface area contributed by atoms with Crippen molar-refractivity contribution < 1.29 is 4.43 Å². The van der Waals surface area contributed by atoms with Crippen LogP contribution in [-0.4, -0.2) is 14.9 Å². The van der Waals surface area contributed by atoms with Crippen LogP contribution in [0.4, 0.5) is 0 Å². The van der Waals surface area contributed by atoms with Gasteiger partial charge >= 0.3 is 0 Å². The van der Waals surface area contributed by atoms with Gasteiger partial charge in [0.25, 0.3) is 0 Å². The van der Waals surface area contributed by atoms with E-state index in [0.29, 0.717) is 0 Å². The lowest BCUT2D eigenvalue weighted by molar-refractivity contribution is 0.294. The maximum absolute atomic E-state index is 6.06. The first-order chi connectivity index (χ1) is 8.31. The van der Waals surface area contributed by atoms with Gasteiger partial charge in [0.15, 0.2) is 8.32 Å². The molecule has 0 aromatic rings. The van der Waals surface area contributed by atoms with Crippen molar-refractivity contribution in [2.45, 2.75) is 45.3 Å². The van der Waals surface area contributed by atoms with Crippen LogP contribution in [0.5, 0.6) is 0 Å². The summed E-state index contributed by atoms with van der Waals surface area (Å²) < 4.78 is 6.06. The molecule has 0 amide bonds. The molecule has 0 aromatic carbocycles. The Hall–Kier alpha value is -1.04. The predicted molar refractivity (Wildman–Crippen MR) is 84.0 cm³/mol. The summed E-state index contributed by atoms with van der Waals surface area (Å²) in [4.78, 5) is 0. The summed E-state index contributed by atoms with van der Waals surface area (Å²) in [7, 11) is -1.58. The second-order valence-electron chi connectivity index (χ2n) is 5.74. The maximum Gasteiger partial charge on any atom is 0.191 e. The number of allylic oxidation sites excluding steroid dienone is 5. The van der Waals surface area contributed by atoms with E-state index in [4.69, 9.17) is 10.8 Å². The highest BCUT2D eigenvalue weighted by atomic mass is 28.4. The smallest absolute Gasteiger partial charge is 0.191 e. The molecule has 1 nitrogen and oxygen atoms in total. The zero-order valence-corrected chi connectivity index (χ0v) is 13.4. The molecular weight excluding hydrogens is 236 g/mol. The SMILES string of the molecule is C#C/C=C/C=C/C=C/CCO[Si](C)(C)C(C)(C)C. The molecule has 100 valence electrons. The molecule has 0 fully saturated rings. The standard InChI is InChI=1S/C16H26OSi/c1-7-8-9-10-11-12-13-14-15-17-18(5,6)16(2,3)4/h1,8-13H,14-15H2,2-6H3/b9-8+,11-10+,13-12+. The van der Waals surface area contributed by atoms with Crippen LogP contribution in [0.2, 0.25) is 18.1 Å². The number of hydrogen-bond acceptors (Lipinski definition) is 1. The van der Waals surface area contributed by atoms with Crippen molar-refractivity contribution in [3.63, 3.8) is 0 Å². The summed E-state index contributed by atoms with van der Waals surface area (Å²) in [6, 6.07) is 0. The molecule has 0 aliphatic carbocycles. The van der Waals surface area contributed by atoms with Crippen LogP contribution in [0.15, 0.2) is 36.5 Å². The largest absolute Gasteiger partial charge is 0.417 e. The second kappa shape index (κ2) is 8.13. The highest BCUT2D eigenvalue weighted by Gasteiger charge is 2.36. The Labute approximate surface area is 114 Å². The summed E-state index contributed by atoms with van der Waals surface area (Å²) in [5, 5.41) is 0.288. The number of hydrogen-bond donors (Lipinski definition) is 0. The molecule has 0 saturated carbocycles. The van der Waals surface area contributed by atoms with Crippen LogP contribution in [0.25, 0.3) is 0 Å². The van der Waals surface area contributed by atoms with E-state index in [1.165, 1.54) is 0 Å². The third kappa shape index (κ3) is 7.32. The Balaban J connectivity index is 3.88. The van der Waals surface area contributed by atoms with Gasteiger partial charge in [0, 0.05) is 6.61 Å². The van der Waals surface area contributed by atoms with E-state index in [2.05, 4.69) is 45.9 Å². The van der Waals surface area contributed by atoms with Crippen LogP contribution in [0, 0.1) is 12.3 Å². The summed E-state index contributed by atoms with van der Waals surface area (Å²) in [5.41, 5.74) is 0. The molecule has 0 aliphatic heterocycles. The van der Waals surface area contributed by atoms with Crippen molar-refractivity contribution >= 4 is 8.32 Å². The molecule has 18 heavy (non-hydrogen) atoms. The minimum atomic E-state index is -1.58. The summed E-state index contributed by atoms with van der Waals surface area (Å²) >= 11 is 0. The van der Waals surface area contributed by atoms with Crippen LogP contribution >= 0.6 is 0 Å². The van der Waals surface area contributed by atoms with E-state index in [1.54, 1.807) is 6.08 Å². The zero-order valence-electron chi connectivity index (χ0n) is 12.4. The first kappa shape index (κ1) is 17.0. The molecule has 0 unspecified atom stereocenters. The fourth-order valence-corrected chi connectivity index (χ4v) is 2.07. The zero-order chi connectivity index (χ0) is 14.1. The van der Waals surface area contributed by atoms with Gasteiger partial charge in [-0.3, -0.25) is 0 Å². The molecule has 2 heteroatoms. The Morgan fingerprint density at radius 2 is 1.72 bits per heavy atom. The first-order valence-electron chi connectivity index (χ1n) is 6.40. The lowest BCUT2D eigenvalue weighted by Gasteiger charge is -2.36. The minimum Gasteiger partial charge on any atom is -0.417 e. The molecule has 0 rings (SSSR count). The molecule has 0 atom stereocenters. The number of terminal acetylenes is 1. The molecule has 0 radical (unpaired) electrons. The van der Waals surface area contributed by atoms with Crippen LogP contribution < -0.4 is 0 Å².